The molecule has 2 amide bonds. The highest BCUT2D eigenvalue weighted by molar-refractivity contribution is 6.30. The fourth-order valence-corrected chi connectivity index (χ4v) is 3.52. The maximum absolute atomic E-state index is 13.0. The van der Waals surface area contributed by atoms with E-state index in [1.165, 1.54) is 0 Å². The van der Waals surface area contributed by atoms with Gasteiger partial charge in [-0.15, -0.1) is 0 Å². The van der Waals surface area contributed by atoms with Crippen LogP contribution >= 0.6 is 11.6 Å². The highest BCUT2D eigenvalue weighted by Gasteiger charge is 2.32. The Morgan fingerprint density at radius 3 is 2.10 bits per heavy atom. The molecule has 0 bridgehead atoms. The van der Waals surface area contributed by atoms with Gasteiger partial charge in [0.15, 0.2) is 5.69 Å². The molecule has 0 atom stereocenters. The molecule has 1 aliphatic rings. The molecule has 160 valence electrons. The predicted molar refractivity (Wildman–Crippen MR) is 123 cm³/mol. The molecular formula is C24H25ClN4O2. The number of anilines is 2. The van der Waals surface area contributed by atoms with E-state index in [4.69, 9.17) is 11.6 Å². The summed E-state index contributed by atoms with van der Waals surface area (Å²) in [5.74, 6) is -0.122. The van der Waals surface area contributed by atoms with Gasteiger partial charge in [-0.2, -0.15) is 5.10 Å². The van der Waals surface area contributed by atoms with Crippen LogP contribution in [0.25, 0.3) is 0 Å². The van der Waals surface area contributed by atoms with Crippen molar-refractivity contribution in [1.82, 2.24) is 9.78 Å². The number of benzene rings is 2. The third-order valence-electron chi connectivity index (χ3n) is 5.13. The van der Waals surface area contributed by atoms with Crippen molar-refractivity contribution in [3.05, 3.63) is 76.6 Å². The second kappa shape index (κ2) is 8.19. The van der Waals surface area contributed by atoms with Gasteiger partial charge in [0, 0.05) is 22.2 Å². The monoisotopic (exact) mass is 436 g/mol. The molecule has 1 aromatic heterocycles. The van der Waals surface area contributed by atoms with Crippen LogP contribution in [0, 0.1) is 0 Å². The van der Waals surface area contributed by atoms with Gasteiger partial charge in [-0.05, 0) is 76.1 Å². The molecule has 1 aliphatic carbocycles. The molecule has 0 spiro atoms. The van der Waals surface area contributed by atoms with Crippen molar-refractivity contribution in [3.63, 3.8) is 0 Å². The van der Waals surface area contributed by atoms with Crippen molar-refractivity contribution >= 4 is 34.8 Å². The maximum Gasteiger partial charge on any atom is 0.276 e. The number of hydrogen-bond acceptors (Lipinski definition) is 3. The second-order valence-corrected chi connectivity index (χ2v) is 9.21. The Morgan fingerprint density at radius 1 is 0.968 bits per heavy atom. The molecular weight excluding hydrogens is 412 g/mol. The van der Waals surface area contributed by atoms with Crippen molar-refractivity contribution in [2.45, 2.75) is 45.1 Å². The Hall–Kier alpha value is -3.12. The van der Waals surface area contributed by atoms with Gasteiger partial charge in [-0.1, -0.05) is 23.7 Å². The van der Waals surface area contributed by atoms with E-state index in [0.29, 0.717) is 33.6 Å². The quantitative estimate of drug-likeness (QED) is 0.540. The van der Waals surface area contributed by atoms with Crippen molar-refractivity contribution in [2.24, 2.45) is 0 Å². The standard InChI is InChI=1S/C24H25ClN4O2/c1-24(2,3)29-21(15-8-9-15)14-20(28-29)23(31)27-19-7-5-4-6-18(19)26-22(30)16-10-12-17(25)13-11-16/h4-7,10-15H,8-9H2,1-3H3,(H,26,30)(H,27,31). The summed E-state index contributed by atoms with van der Waals surface area (Å²) in [6.45, 7) is 6.24. The normalized spacial score (nSPS) is 13.7. The number of carbonyl (C=O) groups excluding carboxylic acids is 2. The van der Waals surface area contributed by atoms with E-state index in [2.05, 4.69) is 36.5 Å². The van der Waals surface area contributed by atoms with E-state index in [-0.39, 0.29) is 17.4 Å². The molecule has 0 aliphatic heterocycles. The van der Waals surface area contributed by atoms with Crippen LogP contribution in [0.4, 0.5) is 11.4 Å². The Kier molecular flexibility index (Phi) is 5.58. The average molecular weight is 437 g/mol. The van der Waals surface area contributed by atoms with Crippen molar-refractivity contribution in [2.75, 3.05) is 10.6 Å². The SMILES string of the molecule is CC(C)(C)n1nc(C(=O)Nc2ccccc2NC(=O)c2ccc(Cl)cc2)cc1C1CC1. The second-order valence-electron chi connectivity index (χ2n) is 8.77. The molecule has 7 heteroatoms. The minimum atomic E-state index is -0.307. The smallest absolute Gasteiger partial charge is 0.276 e. The summed E-state index contributed by atoms with van der Waals surface area (Å²) < 4.78 is 1.95. The lowest BCUT2D eigenvalue weighted by molar-refractivity contribution is 0.101. The fraction of sp³-hybridized carbons (Fsp3) is 0.292. The summed E-state index contributed by atoms with van der Waals surface area (Å²) in [7, 11) is 0. The number of aromatic nitrogens is 2. The summed E-state index contributed by atoms with van der Waals surface area (Å²) in [4.78, 5) is 25.6. The van der Waals surface area contributed by atoms with E-state index in [1.54, 1.807) is 48.5 Å². The zero-order valence-electron chi connectivity index (χ0n) is 17.8. The van der Waals surface area contributed by atoms with E-state index >= 15 is 0 Å². The number of rotatable bonds is 5. The van der Waals surface area contributed by atoms with Gasteiger partial charge in [-0.25, -0.2) is 0 Å². The van der Waals surface area contributed by atoms with Gasteiger partial charge < -0.3 is 10.6 Å². The Bertz CT molecular complexity index is 1130. The first-order valence-electron chi connectivity index (χ1n) is 10.3. The van der Waals surface area contributed by atoms with Crippen LogP contribution in [0.1, 0.15) is 66.1 Å². The van der Waals surface area contributed by atoms with Gasteiger partial charge in [0.2, 0.25) is 0 Å². The molecule has 2 aromatic carbocycles. The highest BCUT2D eigenvalue weighted by atomic mass is 35.5. The van der Waals surface area contributed by atoms with Crippen LogP contribution < -0.4 is 10.6 Å². The molecule has 1 fully saturated rings. The van der Waals surface area contributed by atoms with Crippen LogP contribution in [0.15, 0.2) is 54.6 Å². The fourth-order valence-electron chi connectivity index (χ4n) is 3.40. The molecule has 2 N–H and O–H groups in total. The topological polar surface area (TPSA) is 76.0 Å². The van der Waals surface area contributed by atoms with E-state index in [9.17, 15) is 9.59 Å². The van der Waals surface area contributed by atoms with E-state index in [1.807, 2.05) is 10.7 Å². The third kappa shape index (κ3) is 4.80. The number of nitrogens with zero attached hydrogens (tertiary/aromatic N) is 2. The predicted octanol–water partition coefficient (Wildman–Crippen LogP) is 5.67. The molecule has 1 saturated carbocycles. The number of hydrogen-bond donors (Lipinski definition) is 2. The summed E-state index contributed by atoms with van der Waals surface area (Å²) in [6.07, 6.45) is 2.25. The lowest BCUT2D eigenvalue weighted by atomic mass is 10.1. The Morgan fingerprint density at radius 2 is 1.55 bits per heavy atom. The number of amides is 2. The maximum atomic E-state index is 13.0. The van der Waals surface area contributed by atoms with Crippen molar-refractivity contribution < 1.29 is 9.59 Å². The number of halogens is 1. The van der Waals surface area contributed by atoms with Crippen LogP contribution in [0.3, 0.4) is 0 Å². The van der Waals surface area contributed by atoms with Crippen LogP contribution in [-0.2, 0) is 5.54 Å². The highest BCUT2D eigenvalue weighted by Crippen LogP contribution is 2.41. The summed E-state index contributed by atoms with van der Waals surface area (Å²) >= 11 is 5.89. The molecule has 31 heavy (non-hydrogen) atoms. The lowest BCUT2D eigenvalue weighted by Gasteiger charge is -2.22. The zero-order valence-corrected chi connectivity index (χ0v) is 18.5. The van der Waals surface area contributed by atoms with Gasteiger partial charge in [-0.3, -0.25) is 14.3 Å². The first kappa shape index (κ1) is 21.1. The minimum Gasteiger partial charge on any atom is -0.320 e. The average Bonchev–Trinajstić information content (AvgIpc) is 3.46. The number of carbonyl (C=O) groups is 2. The van der Waals surface area contributed by atoms with E-state index in [0.717, 1.165) is 18.5 Å². The van der Waals surface area contributed by atoms with Gasteiger partial charge >= 0.3 is 0 Å². The first-order chi connectivity index (χ1) is 14.7. The summed E-state index contributed by atoms with van der Waals surface area (Å²) in [5, 5.41) is 10.9. The molecule has 4 rings (SSSR count). The lowest BCUT2D eigenvalue weighted by Crippen LogP contribution is -2.26. The largest absolute Gasteiger partial charge is 0.320 e. The van der Waals surface area contributed by atoms with Crippen LogP contribution in [-0.4, -0.2) is 21.6 Å². The molecule has 6 nitrogen and oxygen atoms in total. The van der Waals surface area contributed by atoms with Crippen molar-refractivity contribution in [3.8, 4) is 0 Å². The van der Waals surface area contributed by atoms with Gasteiger partial charge in [0.25, 0.3) is 11.8 Å². The molecule has 0 unspecified atom stereocenters. The Balaban J connectivity index is 1.54. The third-order valence-corrected chi connectivity index (χ3v) is 5.38. The molecule has 1 heterocycles. The zero-order chi connectivity index (χ0) is 22.2. The van der Waals surface area contributed by atoms with Crippen LogP contribution in [0.5, 0.6) is 0 Å². The number of nitrogens with one attached hydrogen (secondary N) is 2. The van der Waals surface area contributed by atoms with Gasteiger partial charge in [0.05, 0.1) is 16.9 Å². The minimum absolute atomic E-state index is 0.207. The van der Waals surface area contributed by atoms with E-state index < -0.39 is 0 Å². The van der Waals surface area contributed by atoms with Crippen LogP contribution in [0.2, 0.25) is 5.02 Å². The first-order valence-corrected chi connectivity index (χ1v) is 10.7. The molecule has 0 saturated heterocycles. The summed E-state index contributed by atoms with van der Waals surface area (Å²) in [5.41, 5.74) is 2.75. The Labute approximate surface area is 186 Å². The molecule has 0 radical (unpaired) electrons. The van der Waals surface area contributed by atoms with Gasteiger partial charge in [0.1, 0.15) is 0 Å². The molecule has 3 aromatic rings. The summed E-state index contributed by atoms with van der Waals surface area (Å²) in [6, 6.07) is 15.6. The van der Waals surface area contributed by atoms with Crippen molar-refractivity contribution in [1.29, 1.82) is 0 Å². The number of para-hydroxylation sites is 2.